The van der Waals surface area contributed by atoms with Crippen LogP contribution in [0.15, 0.2) is 30.3 Å². The van der Waals surface area contributed by atoms with Crippen LogP contribution in [0.5, 0.6) is 0 Å². The maximum atomic E-state index is 11.9. The van der Waals surface area contributed by atoms with Crippen molar-refractivity contribution in [2.75, 3.05) is 38.0 Å². The summed E-state index contributed by atoms with van der Waals surface area (Å²) in [6.07, 6.45) is 0. The van der Waals surface area contributed by atoms with E-state index in [0.29, 0.717) is 6.54 Å². The number of benzene rings is 1. The number of anilines is 1. The molecule has 106 valence electrons. The standard InChI is InChI=1S/C15H20N4O/c1-13(11-16)19-9-7-18(8-10-19)12-15(20)17-14-5-3-2-4-6-14/h2-6,13H,7-10,12H2,1H3,(H,17,20). The van der Waals surface area contributed by atoms with Crippen LogP contribution in [0.3, 0.4) is 0 Å². The second kappa shape index (κ2) is 7.04. The number of carbonyl (C=O) groups is 1. The van der Waals surface area contributed by atoms with Gasteiger partial charge in [-0.25, -0.2) is 0 Å². The lowest BCUT2D eigenvalue weighted by molar-refractivity contribution is -0.117. The summed E-state index contributed by atoms with van der Waals surface area (Å²) < 4.78 is 0. The molecule has 1 saturated heterocycles. The highest BCUT2D eigenvalue weighted by molar-refractivity contribution is 5.92. The maximum Gasteiger partial charge on any atom is 0.238 e. The molecule has 1 aliphatic rings. The molecule has 1 atom stereocenters. The molecule has 1 aromatic carbocycles. The third-order valence-corrected chi connectivity index (χ3v) is 3.57. The van der Waals surface area contributed by atoms with Gasteiger partial charge in [-0.1, -0.05) is 18.2 Å². The zero-order valence-electron chi connectivity index (χ0n) is 11.7. The van der Waals surface area contributed by atoms with Crippen LogP contribution in [0.25, 0.3) is 0 Å². The maximum absolute atomic E-state index is 11.9. The minimum absolute atomic E-state index is 0.0120. The minimum atomic E-state index is -0.0460. The van der Waals surface area contributed by atoms with Crippen molar-refractivity contribution in [2.45, 2.75) is 13.0 Å². The van der Waals surface area contributed by atoms with Crippen LogP contribution in [-0.2, 0) is 4.79 Å². The van der Waals surface area contributed by atoms with E-state index in [2.05, 4.69) is 21.2 Å². The van der Waals surface area contributed by atoms with Crippen molar-refractivity contribution in [3.8, 4) is 6.07 Å². The van der Waals surface area contributed by atoms with Crippen molar-refractivity contribution >= 4 is 11.6 Å². The van der Waals surface area contributed by atoms with Crippen LogP contribution >= 0.6 is 0 Å². The Bertz CT molecular complexity index is 474. The zero-order valence-corrected chi connectivity index (χ0v) is 11.7. The molecule has 0 aromatic heterocycles. The Kier molecular flexibility index (Phi) is 5.10. The monoisotopic (exact) mass is 272 g/mol. The van der Waals surface area contributed by atoms with E-state index >= 15 is 0 Å². The van der Waals surface area contributed by atoms with E-state index in [1.807, 2.05) is 37.3 Å². The van der Waals surface area contributed by atoms with Gasteiger partial charge < -0.3 is 5.32 Å². The van der Waals surface area contributed by atoms with Gasteiger partial charge in [0.05, 0.1) is 18.7 Å². The highest BCUT2D eigenvalue weighted by Gasteiger charge is 2.21. The Morgan fingerprint density at radius 3 is 2.55 bits per heavy atom. The molecule has 1 aliphatic heterocycles. The molecule has 0 saturated carbocycles. The van der Waals surface area contributed by atoms with Crippen molar-refractivity contribution in [3.63, 3.8) is 0 Å². The molecule has 0 bridgehead atoms. The Morgan fingerprint density at radius 1 is 1.30 bits per heavy atom. The molecular formula is C15H20N4O. The van der Waals surface area contributed by atoms with E-state index in [0.717, 1.165) is 31.9 Å². The fourth-order valence-corrected chi connectivity index (χ4v) is 2.32. The number of nitriles is 1. The van der Waals surface area contributed by atoms with Gasteiger partial charge in [-0.15, -0.1) is 0 Å². The lowest BCUT2D eigenvalue weighted by Gasteiger charge is -2.35. The number of amides is 1. The molecule has 1 aromatic rings. The number of piperazine rings is 1. The lowest BCUT2D eigenvalue weighted by Crippen LogP contribution is -2.50. The molecule has 0 spiro atoms. The molecule has 0 aliphatic carbocycles. The SMILES string of the molecule is CC(C#N)N1CCN(CC(=O)Nc2ccccc2)CC1. The predicted octanol–water partition coefficient (Wildman–Crippen LogP) is 1.15. The third kappa shape index (κ3) is 4.05. The summed E-state index contributed by atoms with van der Waals surface area (Å²) in [5.41, 5.74) is 0.828. The normalized spacial score (nSPS) is 18.2. The average Bonchev–Trinajstić information content (AvgIpc) is 2.48. The fourth-order valence-electron chi connectivity index (χ4n) is 2.32. The summed E-state index contributed by atoms with van der Waals surface area (Å²) in [4.78, 5) is 16.2. The molecule has 1 heterocycles. The highest BCUT2D eigenvalue weighted by atomic mass is 16.2. The first-order valence-electron chi connectivity index (χ1n) is 6.90. The zero-order chi connectivity index (χ0) is 14.4. The average molecular weight is 272 g/mol. The van der Waals surface area contributed by atoms with Crippen molar-refractivity contribution in [1.82, 2.24) is 9.80 Å². The van der Waals surface area contributed by atoms with Gasteiger partial charge in [0.15, 0.2) is 0 Å². The van der Waals surface area contributed by atoms with Crippen LogP contribution in [0.2, 0.25) is 0 Å². The smallest absolute Gasteiger partial charge is 0.238 e. The van der Waals surface area contributed by atoms with E-state index in [-0.39, 0.29) is 11.9 Å². The first kappa shape index (κ1) is 14.5. The van der Waals surface area contributed by atoms with Gasteiger partial charge in [-0.2, -0.15) is 5.26 Å². The molecule has 5 heteroatoms. The Hall–Kier alpha value is -1.90. The minimum Gasteiger partial charge on any atom is -0.325 e. The molecule has 1 N–H and O–H groups in total. The number of nitrogens with one attached hydrogen (secondary N) is 1. The summed E-state index contributed by atoms with van der Waals surface area (Å²) in [6.45, 7) is 5.66. The van der Waals surface area contributed by atoms with Gasteiger partial charge in [-0.3, -0.25) is 14.6 Å². The number of carbonyl (C=O) groups excluding carboxylic acids is 1. The van der Waals surface area contributed by atoms with Gasteiger partial charge in [0.2, 0.25) is 5.91 Å². The summed E-state index contributed by atoms with van der Waals surface area (Å²) in [5, 5.41) is 11.8. The quantitative estimate of drug-likeness (QED) is 0.893. The van der Waals surface area contributed by atoms with E-state index in [1.54, 1.807) is 0 Å². The molecule has 5 nitrogen and oxygen atoms in total. The topological polar surface area (TPSA) is 59.4 Å². The van der Waals surface area contributed by atoms with Crippen LogP contribution < -0.4 is 5.32 Å². The van der Waals surface area contributed by atoms with Crippen LogP contribution in [-0.4, -0.2) is 54.5 Å². The van der Waals surface area contributed by atoms with Crippen LogP contribution in [0.1, 0.15) is 6.92 Å². The first-order chi connectivity index (χ1) is 9.69. The molecule has 2 rings (SSSR count). The predicted molar refractivity (Wildman–Crippen MR) is 78.2 cm³/mol. The number of hydrogen-bond acceptors (Lipinski definition) is 4. The molecular weight excluding hydrogens is 252 g/mol. The Balaban J connectivity index is 1.75. The molecule has 1 amide bonds. The Labute approximate surface area is 119 Å². The van der Waals surface area contributed by atoms with E-state index < -0.39 is 0 Å². The first-order valence-corrected chi connectivity index (χ1v) is 6.90. The molecule has 1 unspecified atom stereocenters. The fraction of sp³-hybridized carbons (Fsp3) is 0.467. The van der Waals surface area contributed by atoms with E-state index in [4.69, 9.17) is 5.26 Å². The Morgan fingerprint density at radius 2 is 1.95 bits per heavy atom. The third-order valence-electron chi connectivity index (χ3n) is 3.57. The summed E-state index contributed by atoms with van der Waals surface area (Å²) in [5.74, 6) is 0.0120. The van der Waals surface area contributed by atoms with Gasteiger partial charge >= 0.3 is 0 Å². The number of hydrogen-bond donors (Lipinski definition) is 1. The van der Waals surface area contributed by atoms with Crippen LogP contribution in [0.4, 0.5) is 5.69 Å². The van der Waals surface area contributed by atoms with E-state index in [1.165, 1.54) is 0 Å². The van der Waals surface area contributed by atoms with Gasteiger partial charge in [0.1, 0.15) is 0 Å². The summed E-state index contributed by atoms with van der Waals surface area (Å²) >= 11 is 0. The summed E-state index contributed by atoms with van der Waals surface area (Å²) in [7, 11) is 0. The number of rotatable bonds is 4. The van der Waals surface area contributed by atoms with Crippen molar-refractivity contribution in [1.29, 1.82) is 5.26 Å². The highest BCUT2D eigenvalue weighted by Crippen LogP contribution is 2.07. The number of nitrogens with zero attached hydrogens (tertiary/aromatic N) is 3. The molecule has 1 fully saturated rings. The van der Waals surface area contributed by atoms with Gasteiger partial charge in [-0.05, 0) is 19.1 Å². The molecule has 20 heavy (non-hydrogen) atoms. The molecule has 0 radical (unpaired) electrons. The van der Waals surface area contributed by atoms with Crippen molar-refractivity contribution in [3.05, 3.63) is 30.3 Å². The summed E-state index contributed by atoms with van der Waals surface area (Å²) in [6, 6.07) is 11.7. The number of para-hydroxylation sites is 1. The van der Waals surface area contributed by atoms with Gasteiger partial charge in [0.25, 0.3) is 0 Å². The van der Waals surface area contributed by atoms with E-state index in [9.17, 15) is 4.79 Å². The van der Waals surface area contributed by atoms with Gasteiger partial charge in [0, 0.05) is 31.9 Å². The largest absolute Gasteiger partial charge is 0.325 e. The van der Waals surface area contributed by atoms with Crippen molar-refractivity contribution < 1.29 is 4.79 Å². The van der Waals surface area contributed by atoms with Crippen molar-refractivity contribution in [2.24, 2.45) is 0 Å². The lowest BCUT2D eigenvalue weighted by atomic mass is 10.2. The van der Waals surface area contributed by atoms with Crippen LogP contribution in [0, 0.1) is 11.3 Å². The second-order valence-corrected chi connectivity index (χ2v) is 5.03. The second-order valence-electron chi connectivity index (χ2n) is 5.03.